The quantitative estimate of drug-likeness (QED) is 0.774. The van der Waals surface area contributed by atoms with Gasteiger partial charge in [0.15, 0.2) is 5.82 Å². The van der Waals surface area contributed by atoms with Gasteiger partial charge in [-0.05, 0) is 32.2 Å². The number of aromatic nitrogens is 3. The van der Waals surface area contributed by atoms with Crippen molar-refractivity contribution < 1.29 is 0 Å². The van der Waals surface area contributed by atoms with Gasteiger partial charge in [0.2, 0.25) is 0 Å². The Morgan fingerprint density at radius 3 is 3.07 bits per heavy atom. The van der Waals surface area contributed by atoms with E-state index in [2.05, 4.69) is 15.4 Å². The van der Waals surface area contributed by atoms with Crippen molar-refractivity contribution >= 4 is 0 Å². The van der Waals surface area contributed by atoms with Gasteiger partial charge in [0.05, 0.1) is 6.54 Å². The third-order valence-electron chi connectivity index (χ3n) is 3.07. The molecule has 1 aromatic rings. The van der Waals surface area contributed by atoms with Gasteiger partial charge in [0, 0.05) is 12.0 Å². The van der Waals surface area contributed by atoms with Gasteiger partial charge in [-0.15, -0.1) is 0 Å². The molecule has 1 aliphatic carbocycles. The zero-order valence-electron chi connectivity index (χ0n) is 8.32. The highest BCUT2D eigenvalue weighted by molar-refractivity contribution is 5.02. The summed E-state index contributed by atoms with van der Waals surface area (Å²) in [5.41, 5.74) is 0. The van der Waals surface area contributed by atoms with Crippen LogP contribution in [0.1, 0.15) is 37.4 Å². The first-order chi connectivity index (χ1) is 6.92. The molecule has 1 unspecified atom stereocenters. The van der Waals surface area contributed by atoms with Crippen molar-refractivity contribution in [3.05, 3.63) is 12.2 Å². The molecule has 1 aromatic heterocycles. The van der Waals surface area contributed by atoms with E-state index in [1.807, 2.05) is 11.0 Å². The topological polar surface area (TPSA) is 42.7 Å². The predicted octanol–water partition coefficient (Wildman–Crippen LogP) is 0.907. The fraction of sp³-hybridized carbons (Fsp3) is 0.800. The van der Waals surface area contributed by atoms with E-state index in [9.17, 15) is 0 Å². The van der Waals surface area contributed by atoms with Crippen LogP contribution in [0.4, 0.5) is 0 Å². The minimum absolute atomic E-state index is 0.615. The van der Waals surface area contributed by atoms with Crippen LogP contribution in [0.3, 0.4) is 0 Å². The number of rotatable bonds is 3. The minimum Gasteiger partial charge on any atom is -0.312 e. The molecule has 1 aliphatic heterocycles. The number of hydrogen-bond acceptors (Lipinski definition) is 3. The van der Waals surface area contributed by atoms with Crippen molar-refractivity contribution in [3.8, 4) is 0 Å². The first-order valence-electron chi connectivity index (χ1n) is 5.54. The zero-order valence-corrected chi connectivity index (χ0v) is 8.32. The lowest BCUT2D eigenvalue weighted by Crippen LogP contribution is -2.26. The number of nitrogens with one attached hydrogen (secondary N) is 1. The largest absolute Gasteiger partial charge is 0.312 e. The van der Waals surface area contributed by atoms with Crippen LogP contribution in [0, 0.1) is 0 Å². The predicted molar refractivity (Wildman–Crippen MR) is 53.0 cm³/mol. The van der Waals surface area contributed by atoms with Crippen LogP contribution < -0.4 is 5.32 Å². The Morgan fingerprint density at radius 2 is 2.36 bits per heavy atom. The molecule has 1 saturated heterocycles. The van der Waals surface area contributed by atoms with Crippen molar-refractivity contribution in [3.63, 3.8) is 0 Å². The zero-order chi connectivity index (χ0) is 9.38. The fourth-order valence-corrected chi connectivity index (χ4v) is 2.06. The number of hydrogen-bond donors (Lipinski definition) is 1. The Labute approximate surface area is 83.7 Å². The van der Waals surface area contributed by atoms with Crippen molar-refractivity contribution in [2.24, 2.45) is 0 Å². The van der Waals surface area contributed by atoms with Crippen LogP contribution >= 0.6 is 0 Å². The van der Waals surface area contributed by atoms with Crippen LogP contribution in [-0.4, -0.2) is 27.4 Å². The summed E-state index contributed by atoms with van der Waals surface area (Å²) in [5.74, 6) is 1.73. The Bertz CT molecular complexity index is 310. The van der Waals surface area contributed by atoms with Crippen molar-refractivity contribution in [2.45, 2.75) is 44.2 Å². The Kier molecular flexibility index (Phi) is 2.01. The van der Waals surface area contributed by atoms with Crippen molar-refractivity contribution in [1.29, 1.82) is 0 Å². The molecule has 0 amide bonds. The third-order valence-corrected chi connectivity index (χ3v) is 3.07. The summed E-state index contributed by atoms with van der Waals surface area (Å²) in [6.45, 7) is 2.15. The van der Waals surface area contributed by atoms with Crippen LogP contribution in [0.25, 0.3) is 0 Å². The summed E-state index contributed by atoms with van der Waals surface area (Å²) in [6.07, 6.45) is 7.03. The Morgan fingerprint density at radius 1 is 1.43 bits per heavy atom. The van der Waals surface area contributed by atoms with Crippen LogP contribution in [0.5, 0.6) is 0 Å². The molecular formula is C10H16N4. The highest BCUT2D eigenvalue weighted by Gasteiger charge is 2.27. The second-order valence-corrected chi connectivity index (χ2v) is 4.39. The molecule has 2 heterocycles. The molecule has 14 heavy (non-hydrogen) atoms. The lowest BCUT2D eigenvalue weighted by Gasteiger charge is -2.08. The highest BCUT2D eigenvalue weighted by Crippen LogP contribution is 2.37. The van der Waals surface area contributed by atoms with Gasteiger partial charge in [0.25, 0.3) is 0 Å². The maximum absolute atomic E-state index is 4.50. The number of nitrogens with zero attached hydrogens (tertiary/aromatic N) is 3. The summed E-state index contributed by atoms with van der Waals surface area (Å²) >= 11 is 0. The second kappa shape index (κ2) is 3.35. The summed E-state index contributed by atoms with van der Waals surface area (Å²) in [7, 11) is 0. The monoisotopic (exact) mass is 192 g/mol. The molecule has 1 atom stereocenters. The summed E-state index contributed by atoms with van der Waals surface area (Å²) < 4.78 is 2.00. The van der Waals surface area contributed by atoms with E-state index in [1.165, 1.54) is 25.7 Å². The molecule has 0 spiro atoms. The molecule has 76 valence electrons. The minimum atomic E-state index is 0.615. The standard InChI is InChI=1S/C10H16N4/c1-2-9(11-5-1)6-14-7-12-10(13-14)8-3-4-8/h7-9,11H,1-6H2. The highest BCUT2D eigenvalue weighted by atomic mass is 15.3. The lowest BCUT2D eigenvalue weighted by molar-refractivity contribution is 0.473. The molecule has 0 radical (unpaired) electrons. The van der Waals surface area contributed by atoms with Gasteiger partial charge in [-0.2, -0.15) is 5.10 Å². The lowest BCUT2D eigenvalue weighted by atomic mass is 10.2. The van der Waals surface area contributed by atoms with Gasteiger partial charge in [-0.1, -0.05) is 0 Å². The van der Waals surface area contributed by atoms with E-state index < -0.39 is 0 Å². The molecule has 0 aromatic carbocycles. The van der Waals surface area contributed by atoms with Gasteiger partial charge < -0.3 is 5.32 Å². The average molecular weight is 192 g/mol. The van der Waals surface area contributed by atoms with Gasteiger partial charge >= 0.3 is 0 Å². The Hall–Kier alpha value is -0.900. The van der Waals surface area contributed by atoms with Crippen LogP contribution in [0.2, 0.25) is 0 Å². The first-order valence-corrected chi connectivity index (χ1v) is 5.54. The maximum Gasteiger partial charge on any atom is 0.153 e. The SMILES string of the molecule is c1nc(C2CC2)nn1CC1CCCN1. The van der Waals surface area contributed by atoms with E-state index >= 15 is 0 Å². The summed E-state index contributed by atoms with van der Waals surface area (Å²) in [4.78, 5) is 4.34. The third kappa shape index (κ3) is 1.66. The van der Waals surface area contributed by atoms with Crippen molar-refractivity contribution in [2.75, 3.05) is 6.54 Å². The molecular weight excluding hydrogens is 176 g/mol. The smallest absolute Gasteiger partial charge is 0.153 e. The molecule has 2 aliphatic rings. The summed E-state index contributed by atoms with van der Waals surface area (Å²) in [6, 6.07) is 0.615. The second-order valence-electron chi connectivity index (χ2n) is 4.39. The van der Waals surface area contributed by atoms with Gasteiger partial charge in [-0.3, -0.25) is 4.68 Å². The van der Waals surface area contributed by atoms with Gasteiger partial charge in [0.1, 0.15) is 6.33 Å². The fourth-order valence-electron chi connectivity index (χ4n) is 2.06. The van der Waals surface area contributed by atoms with E-state index in [4.69, 9.17) is 0 Å². The molecule has 3 rings (SSSR count). The van der Waals surface area contributed by atoms with Crippen LogP contribution in [0.15, 0.2) is 6.33 Å². The van der Waals surface area contributed by atoms with E-state index in [-0.39, 0.29) is 0 Å². The van der Waals surface area contributed by atoms with Gasteiger partial charge in [-0.25, -0.2) is 4.98 Å². The first kappa shape index (κ1) is 8.41. The molecule has 2 fully saturated rings. The maximum atomic E-state index is 4.50. The van der Waals surface area contributed by atoms with Crippen molar-refractivity contribution in [1.82, 2.24) is 20.1 Å². The molecule has 1 saturated carbocycles. The molecule has 4 nitrogen and oxygen atoms in total. The van der Waals surface area contributed by atoms with E-state index in [0.717, 1.165) is 18.9 Å². The Balaban J connectivity index is 1.64. The van der Waals surface area contributed by atoms with Crippen LogP contribution in [-0.2, 0) is 6.54 Å². The summed E-state index contributed by atoms with van der Waals surface area (Å²) in [5, 5.41) is 7.97. The van der Waals surface area contributed by atoms with E-state index in [1.54, 1.807) is 0 Å². The van der Waals surface area contributed by atoms with E-state index in [0.29, 0.717) is 12.0 Å². The normalized spacial score (nSPS) is 27.0. The molecule has 0 bridgehead atoms. The molecule has 1 N–H and O–H groups in total. The molecule has 4 heteroatoms. The average Bonchev–Trinajstić information content (AvgIpc) is 2.75.